The Hall–Kier alpha value is -1.93. The van der Waals surface area contributed by atoms with Crippen molar-refractivity contribution in [3.8, 4) is 0 Å². The van der Waals surface area contributed by atoms with E-state index in [0.717, 1.165) is 30.2 Å². The van der Waals surface area contributed by atoms with Gasteiger partial charge in [-0.3, -0.25) is 15.0 Å². The van der Waals surface area contributed by atoms with Crippen molar-refractivity contribution in [2.45, 2.75) is 25.8 Å². The van der Waals surface area contributed by atoms with Gasteiger partial charge in [0.05, 0.1) is 12.1 Å². The second-order valence-electron chi connectivity index (χ2n) is 5.42. The van der Waals surface area contributed by atoms with E-state index in [1.807, 2.05) is 0 Å². The molecule has 0 bridgehead atoms. The summed E-state index contributed by atoms with van der Waals surface area (Å²) in [5, 5.41) is 11.6. The first-order chi connectivity index (χ1) is 11.1. The van der Waals surface area contributed by atoms with E-state index in [1.165, 1.54) is 30.6 Å². The fraction of sp³-hybridized carbons (Fsp3) is 0.400. The van der Waals surface area contributed by atoms with Crippen LogP contribution in [-0.2, 0) is 6.54 Å². The Labute approximate surface area is 136 Å². The molecule has 2 aromatic rings. The topological polar surface area (TPSA) is 58.1 Å². The maximum absolute atomic E-state index is 13.6. The Balaban J connectivity index is 1.62. The summed E-state index contributed by atoms with van der Waals surface area (Å²) in [5.74, 6) is -2.29. The number of hydrogen-bond donors (Lipinski definition) is 1. The predicted molar refractivity (Wildman–Crippen MR) is 83.3 cm³/mol. The monoisotopic (exact) mass is 338 g/mol. The molecule has 0 spiro atoms. The van der Waals surface area contributed by atoms with Crippen LogP contribution in [0.2, 0.25) is 0 Å². The van der Waals surface area contributed by atoms with Crippen LogP contribution in [0.4, 0.5) is 13.9 Å². The molecule has 0 unspecified atom stereocenters. The average Bonchev–Trinajstić information content (AvgIpc) is 2.95. The van der Waals surface area contributed by atoms with Gasteiger partial charge in [0.25, 0.3) is 5.91 Å². The van der Waals surface area contributed by atoms with Crippen LogP contribution in [0, 0.1) is 11.6 Å². The molecule has 122 valence electrons. The zero-order valence-corrected chi connectivity index (χ0v) is 13.2. The fourth-order valence-corrected chi connectivity index (χ4v) is 3.29. The minimum absolute atomic E-state index is 0.223. The van der Waals surface area contributed by atoms with Gasteiger partial charge < -0.3 is 0 Å². The molecule has 1 saturated heterocycles. The number of benzene rings is 1. The maximum atomic E-state index is 13.6. The number of rotatable bonds is 4. The van der Waals surface area contributed by atoms with Crippen molar-refractivity contribution in [1.82, 2.24) is 15.1 Å². The smallest absolute Gasteiger partial charge is 0.260 e. The van der Waals surface area contributed by atoms with Gasteiger partial charge in [0.15, 0.2) is 0 Å². The van der Waals surface area contributed by atoms with Crippen LogP contribution >= 0.6 is 11.3 Å². The third-order valence-electron chi connectivity index (χ3n) is 3.67. The minimum atomic E-state index is -0.902. The van der Waals surface area contributed by atoms with E-state index in [1.54, 1.807) is 0 Å². The number of likely N-dealkylation sites (tertiary alicyclic amines) is 1. The SMILES string of the molecule is O=C(Nc1nnc(CN2CCCCC2)s1)c1ccc(F)cc1F. The number of piperidine rings is 1. The van der Waals surface area contributed by atoms with Gasteiger partial charge in [-0.1, -0.05) is 17.8 Å². The maximum Gasteiger partial charge on any atom is 0.260 e. The van der Waals surface area contributed by atoms with E-state index in [2.05, 4.69) is 20.4 Å². The molecule has 23 heavy (non-hydrogen) atoms. The number of nitrogens with zero attached hydrogens (tertiary/aromatic N) is 3. The molecule has 0 atom stereocenters. The molecule has 8 heteroatoms. The van der Waals surface area contributed by atoms with E-state index >= 15 is 0 Å². The molecule has 0 aliphatic carbocycles. The van der Waals surface area contributed by atoms with Crippen LogP contribution in [0.1, 0.15) is 34.6 Å². The lowest BCUT2D eigenvalue weighted by Gasteiger charge is -2.24. The third kappa shape index (κ3) is 4.08. The zero-order valence-electron chi connectivity index (χ0n) is 12.4. The van der Waals surface area contributed by atoms with Crippen LogP contribution in [0.5, 0.6) is 0 Å². The molecule has 1 aromatic carbocycles. The van der Waals surface area contributed by atoms with E-state index < -0.39 is 17.5 Å². The van der Waals surface area contributed by atoms with E-state index in [-0.39, 0.29) is 5.56 Å². The highest BCUT2D eigenvalue weighted by atomic mass is 32.1. The molecule has 1 N–H and O–H groups in total. The standard InChI is InChI=1S/C15H16F2N4OS/c16-10-4-5-11(12(17)8-10)14(22)18-15-20-19-13(23-15)9-21-6-2-1-3-7-21/h4-5,8H,1-3,6-7,9H2,(H,18,20,22). The summed E-state index contributed by atoms with van der Waals surface area (Å²) < 4.78 is 26.4. The van der Waals surface area contributed by atoms with E-state index in [4.69, 9.17) is 0 Å². The highest BCUT2D eigenvalue weighted by Crippen LogP contribution is 2.20. The van der Waals surface area contributed by atoms with E-state index in [0.29, 0.717) is 17.7 Å². The summed E-state index contributed by atoms with van der Waals surface area (Å²) in [5.41, 5.74) is -0.223. The normalized spacial score (nSPS) is 15.6. The number of nitrogens with one attached hydrogen (secondary N) is 1. The van der Waals surface area contributed by atoms with Crippen molar-refractivity contribution >= 4 is 22.4 Å². The molecule has 1 fully saturated rings. The molecule has 1 amide bonds. The molecular formula is C15H16F2N4OS. The first kappa shape index (κ1) is 15.9. The van der Waals surface area contributed by atoms with Crippen molar-refractivity contribution in [2.75, 3.05) is 18.4 Å². The van der Waals surface area contributed by atoms with Crippen molar-refractivity contribution in [2.24, 2.45) is 0 Å². The van der Waals surface area contributed by atoms with Crippen molar-refractivity contribution in [3.05, 3.63) is 40.4 Å². The Morgan fingerprint density at radius 1 is 1.22 bits per heavy atom. The number of amides is 1. The first-order valence-corrected chi connectivity index (χ1v) is 8.24. The minimum Gasteiger partial charge on any atom is -0.297 e. The number of carbonyl (C=O) groups excluding carboxylic acids is 1. The lowest BCUT2D eigenvalue weighted by Crippen LogP contribution is -2.28. The highest BCUT2D eigenvalue weighted by molar-refractivity contribution is 7.15. The quantitative estimate of drug-likeness (QED) is 0.931. The lowest BCUT2D eigenvalue weighted by molar-refractivity contribution is 0.102. The molecule has 3 rings (SSSR count). The summed E-state index contributed by atoms with van der Waals surface area (Å²) in [4.78, 5) is 14.3. The first-order valence-electron chi connectivity index (χ1n) is 7.43. The van der Waals surface area contributed by atoms with Gasteiger partial charge >= 0.3 is 0 Å². The van der Waals surface area contributed by atoms with Gasteiger partial charge in [-0.2, -0.15) is 0 Å². The summed E-state index contributed by atoms with van der Waals surface area (Å²) in [6, 6.07) is 2.83. The predicted octanol–water partition coefficient (Wildman–Crippen LogP) is 3.05. The van der Waals surface area contributed by atoms with Crippen LogP contribution < -0.4 is 5.32 Å². The van der Waals surface area contributed by atoms with Crippen molar-refractivity contribution < 1.29 is 13.6 Å². The van der Waals surface area contributed by atoms with Gasteiger partial charge in [-0.25, -0.2) is 8.78 Å². The Bertz CT molecular complexity index is 701. The summed E-state index contributed by atoms with van der Waals surface area (Å²) >= 11 is 1.27. The molecular weight excluding hydrogens is 322 g/mol. The Morgan fingerprint density at radius 2 is 2.00 bits per heavy atom. The molecule has 1 aromatic heterocycles. The van der Waals surface area contributed by atoms with Crippen molar-refractivity contribution in [3.63, 3.8) is 0 Å². The Kier molecular flexibility index (Phi) is 4.92. The van der Waals surface area contributed by atoms with Gasteiger partial charge in [-0.05, 0) is 38.1 Å². The van der Waals surface area contributed by atoms with Crippen LogP contribution in [0.25, 0.3) is 0 Å². The molecule has 5 nitrogen and oxygen atoms in total. The number of carbonyl (C=O) groups is 1. The van der Waals surface area contributed by atoms with Gasteiger partial charge in [0.1, 0.15) is 16.6 Å². The zero-order chi connectivity index (χ0) is 16.2. The fourth-order valence-electron chi connectivity index (χ4n) is 2.51. The van der Waals surface area contributed by atoms with Gasteiger partial charge in [0.2, 0.25) is 5.13 Å². The summed E-state index contributed by atoms with van der Waals surface area (Å²) in [6.45, 7) is 2.79. The molecule has 1 aliphatic rings. The number of aromatic nitrogens is 2. The van der Waals surface area contributed by atoms with Crippen LogP contribution in [0.15, 0.2) is 18.2 Å². The molecule has 1 aliphatic heterocycles. The number of anilines is 1. The Morgan fingerprint density at radius 3 is 2.74 bits per heavy atom. The second-order valence-corrected chi connectivity index (χ2v) is 6.48. The third-order valence-corrected chi connectivity index (χ3v) is 4.49. The van der Waals surface area contributed by atoms with Gasteiger partial charge in [0, 0.05) is 6.07 Å². The molecule has 0 radical (unpaired) electrons. The average molecular weight is 338 g/mol. The molecule has 0 saturated carbocycles. The largest absolute Gasteiger partial charge is 0.297 e. The lowest BCUT2D eigenvalue weighted by atomic mass is 10.1. The summed E-state index contributed by atoms with van der Waals surface area (Å²) in [7, 11) is 0. The highest BCUT2D eigenvalue weighted by Gasteiger charge is 2.16. The van der Waals surface area contributed by atoms with Gasteiger partial charge in [-0.15, -0.1) is 10.2 Å². The van der Waals surface area contributed by atoms with Crippen molar-refractivity contribution in [1.29, 1.82) is 0 Å². The van der Waals surface area contributed by atoms with E-state index in [9.17, 15) is 13.6 Å². The summed E-state index contributed by atoms with van der Waals surface area (Å²) in [6.07, 6.45) is 3.63. The molecule has 2 heterocycles. The van der Waals surface area contributed by atoms with Crippen LogP contribution in [-0.4, -0.2) is 34.1 Å². The number of hydrogen-bond acceptors (Lipinski definition) is 5. The second kappa shape index (κ2) is 7.10. The number of halogens is 2. The van der Waals surface area contributed by atoms with Crippen LogP contribution in [0.3, 0.4) is 0 Å².